The summed E-state index contributed by atoms with van der Waals surface area (Å²) >= 11 is 8.42. The minimum Gasteiger partial charge on any atom is -0.363 e. The second-order valence-corrected chi connectivity index (χ2v) is 4.93. The summed E-state index contributed by atoms with van der Waals surface area (Å²) in [7, 11) is 0. The number of thiol groups is 2. The molecule has 0 aromatic carbocycles. The number of carbonyl (C=O) groups excluding carboxylic acids is 1. The van der Waals surface area contributed by atoms with Crippen LogP contribution in [0, 0.1) is 0 Å². The lowest BCUT2D eigenvalue weighted by atomic mass is 9.91. The third-order valence-electron chi connectivity index (χ3n) is 2.88. The molecule has 0 unspecified atom stereocenters. The maximum Gasteiger partial charge on any atom is 0.258 e. The first-order chi connectivity index (χ1) is 6.61. The predicted octanol–water partition coefficient (Wildman–Crippen LogP) is 0.369. The minimum atomic E-state index is -0.172. The SMILES string of the molecule is O=C1COC2(CCN(S)CC2)CN1S. The Morgan fingerprint density at radius 1 is 1.29 bits per heavy atom. The fourth-order valence-corrected chi connectivity index (χ4v) is 2.42. The van der Waals surface area contributed by atoms with Crippen molar-refractivity contribution >= 4 is 31.5 Å². The number of piperidine rings is 1. The lowest BCUT2D eigenvalue weighted by molar-refractivity contribution is -0.158. The minimum absolute atomic E-state index is 0.0488. The van der Waals surface area contributed by atoms with Gasteiger partial charge in [0.1, 0.15) is 6.61 Å². The predicted molar refractivity (Wildman–Crippen MR) is 59.2 cm³/mol. The topological polar surface area (TPSA) is 32.8 Å². The molecule has 6 heteroatoms. The first kappa shape index (κ1) is 10.6. The largest absolute Gasteiger partial charge is 0.363 e. The van der Waals surface area contributed by atoms with Gasteiger partial charge in [-0.1, -0.05) is 25.6 Å². The fourth-order valence-electron chi connectivity index (χ4n) is 1.90. The number of rotatable bonds is 0. The number of nitrogens with zero attached hydrogens (tertiary/aromatic N) is 2. The Balaban J connectivity index is 2.00. The van der Waals surface area contributed by atoms with Gasteiger partial charge in [-0.25, -0.2) is 0 Å². The Hall–Kier alpha value is 0.0900. The Bertz CT molecular complexity index is 241. The second kappa shape index (κ2) is 3.92. The molecule has 1 spiro atoms. The van der Waals surface area contributed by atoms with E-state index in [1.54, 1.807) is 0 Å². The number of morpholine rings is 1. The standard InChI is InChI=1S/C8H14N2O2S2/c11-7-5-12-8(6-10(7)14)1-3-9(13)4-2-8/h13-14H,1-6H2. The third kappa shape index (κ3) is 2.03. The molecule has 2 fully saturated rings. The van der Waals surface area contributed by atoms with Gasteiger partial charge in [-0.2, -0.15) is 0 Å². The van der Waals surface area contributed by atoms with E-state index in [0.29, 0.717) is 6.54 Å². The molecule has 0 aromatic heterocycles. The van der Waals surface area contributed by atoms with Gasteiger partial charge >= 0.3 is 0 Å². The van der Waals surface area contributed by atoms with E-state index in [0.717, 1.165) is 25.9 Å². The van der Waals surface area contributed by atoms with Crippen LogP contribution < -0.4 is 0 Å². The second-order valence-electron chi connectivity index (χ2n) is 3.88. The van der Waals surface area contributed by atoms with Crippen LogP contribution in [0.15, 0.2) is 0 Å². The van der Waals surface area contributed by atoms with E-state index in [4.69, 9.17) is 4.74 Å². The summed E-state index contributed by atoms with van der Waals surface area (Å²) in [5.74, 6) is -0.0488. The van der Waals surface area contributed by atoms with E-state index in [2.05, 4.69) is 25.6 Å². The lowest BCUT2D eigenvalue weighted by Gasteiger charge is -2.44. The number of hydrogen-bond acceptors (Lipinski definition) is 5. The van der Waals surface area contributed by atoms with Crippen LogP contribution in [0.4, 0.5) is 0 Å². The zero-order valence-corrected chi connectivity index (χ0v) is 9.64. The molecule has 0 N–H and O–H groups in total. The van der Waals surface area contributed by atoms with E-state index >= 15 is 0 Å². The summed E-state index contributed by atoms with van der Waals surface area (Å²) in [5.41, 5.74) is -0.172. The highest BCUT2D eigenvalue weighted by molar-refractivity contribution is 7.78. The molecule has 0 aliphatic carbocycles. The maximum absolute atomic E-state index is 11.2. The van der Waals surface area contributed by atoms with E-state index in [-0.39, 0.29) is 18.1 Å². The van der Waals surface area contributed by atoms with E-state index in [1.165, 1.54) is 4.31 Å². The van der Waals surface area contributed by atoms with Crippen molar-refractivity contribution in [3.8, 4) is 0 Å². The Kier molecular flexibility index (Phi) is 2.97. The molecule has 0 atom stereocenters. The van der Waals surface area contributed by atoms with Crippen LogP contribution in [-0.4, -0.2) is 46.4 Å². The molecule has 0 bridgehead atoms. The van der Waals surface area contributed by atoms with E-state index in [9.17, 15) is 4.79 Å². The third-order valence-corrected chi connectivity index (χ3v) is 3.64. The van der Waals surface area contributed by atoms with Crippen LogP contribution in [0.25, 0.3) is 0 Å². The number of hydrogen-bond donors (Lipinski definition) is 2. The molecule has 0 aromatic rings. The Morgan fingerprint density at radius 2 is 1.93 bits per heavy atom. The van der Waals surface area contributed by atoms with Crippen molar-refractivity contribution in [2.24, 2.45) is 0 Å². The fraction of sp³-hybridized carbons (Fsp3) is 0.875. The Morgan fingerprint density at radius 3 is 2.50 bits per heavy atom. The van der Waals surface area contributed by atoms with Crippen LogP contribution in [0.5, 0.6) is 0 Å². The molecule has 2 aliphatic rings. The van der Waals surface area contributed by atoms with Gasteiger partial charge in [-0.15, -0.1) is 0 Å². The van der Waals surface area contributed by atoms with Crippen LogP contribution in [0.2, 0.25) is 0 Å². The van der Waals surface area contributed by atoms with Crippen LogP contribution in [0.3, 0.4) is 0 Å². The van der Waals surface area contributed by atoms with Crippen LogP contribution >= 0.6 is 25.6 Å². The highest BCUT2D eigenvalue weighted by Crippen LogP contribution is 2.31. The number of ether oxygens (including phenoxy) is 1. The van der Waals surface area contributed by atoms with Gasteiger partial charge in [0.25, 0.3) is 5.91 Å². The van der Waals surface area contributed by atoms with Gasteiger partial charge in [0.05, 0.1) is 12.1 Å². The normalized spacial score (nSPS) is 28.4. The van der Waals surface area contributed by atoms with Crippen molar-refractivity contribution < 1.29 is 9.53 Å². The molecule has 4 nitrogen and oxygen atoms in total. The van der Waals surface area contributed by atoms with Gasteiger partial charge in [-0.05, 0) is 12.8 Å². The van der Waals surface area contributed by atoms with Gasteiger partial charge in [0.15, 0.2) is 0 Å². The summed E-state index contributed by atoms with van der Waals surface area (Å²) in [6.45, 7) is 2.56. The zero-order chi connectivity index (χ0) is 10.2. The molecule has 14 heavy (non-hydrogen) atoms. The number of amides is 1. The van der Waals surface area contributed by atoms with Gasteiger partial charge < -0.3 is 4.74 Å². The van der Waals surface area contributed by atoms with Crippen molar-refractivity contribution in [3.63, 3.8) is 0 Å². The molecule has 80 valence electrons. The van der Waals surface area contributed by atoms with Crippen molar-refractivity contribution in [3.05, 3.63) is 0 Å². The first-order valence-corrected chi connectivity index (χ1v) is 5.48. The van der Waals surface area contributed by atoms with Crippen molar-refractivity contribution in [2.75, 3.05) is 26.2 Å². The molecular weight excluding hydrogens is 220 g/mol. The van der Waals surface area contributed by atoms with Crippen molar-refractivity contribution in [1.29, 1.82) is 0 Å². The average molecular weight is 234 g/mol. The lowest BCUT2D eigenvalue weighted by Crippen LogP contribution is -2.55. The zero-order valence-electron chi connectivity index (χ0n) is 7.85. The molecule has 1 amide bonds. The van der Waals surface area contributed by atoms with E-state index in [1.807, 2.05) is 4.31 Å². The van der Waals surface area contributed by atoms with Crippen molar-refractivity contribution in [2.45, 2.75) is 18.4 Å². The smallest absolute Gasteiger partial charge is 0.258 e. The monoisotopic (exact) mass is 234 g/mol. The molecule has 2 rings (SSSR count). The van der Waals surface area contributed by atoms with Gasteiger partial charge in [-0.3, -0.25) is 13.4 Å². The number of carbonyl (C=O) groups is 1. The summed E-state index contributed by atoms with van der Waals surface area (Å²) in [5, 5.41) is 0. The molecule has 0 radical (unpaired) electrons. The Labute approximate surface area is 94.7 Å². The highest BCUT2D eigenvalue weighted by atomic mass is 32.1. The highest BCUT2D eigenvalue weighted by Gasteiger charge is 2.41. The van der Waals surface area contributed by atoms with Gasteiger partial charge in [0, 0.05) is 13.1 Å². The maximum atomic E-state index is 11.2. The van der Waals surface area contributed by atoms with Crippen LogP contribution in [-0.2, 0) is 9.53 Å². The summed E-state index contributed by atoms with van der Waals surface area (Å²) in [6, 6.07) is 0. The molecule has 2 saturated heterocycles. The summed E-state index contributed by atoms with van der Waals surface area (Å²) in [6.07, 6.45) is 1.83. The molecule has 0 saturated carbocycles. The van der Waals surface area contributed by atoms with Crippen molar-refractivity contribution in [1.82, 2.24) is 8.61 Å². The molecule has 2 aliphatic heterocycles. The van der Waals surface area contributed by atoms with E-state index < -0.39 is 0 Å². The quantitative estimate of drug-likeness (QED) is 0.594. The molecule has 2 heterocycles. The average Bonchev–Trinajstić information content (AvgIpc) is 2.18. The first-order valence-electron chi connectivity index (χ1n) is 4.68. The molecular formula is C8H14N2O2S2. The van der Waals surface area contributed by atoms with Crippen LogP contribution in [0.1, 0.15) is 12.8 Å². The van der Waals surface area contributed by atoms with Gasteiger partial charge in [0.2, 0.25) is 0 Å². The summed E-state index contributed by atoms with van der Waals surface area (Å²) < 4.78 is 9.09. The summed E-state index contributed by atoms with van der Waals surface area (Å²) in [4.78, 5) is 11.2.